The summed E-state index contributed by atoms with van der Waals surface area (Å²) in [5.74, 6) is -0.134. The molecule has 0 heterocycles. The van der Waals surface area contributed by atoms with Crippen LogP contribution in [0.5, 0.6) is 5.75 Å². The third kappa shape index (κ3) is 5.71. The number of nitrogens with one attached hydrogen (secondary N) is 2. The quantitative estimate of drug-likeness (QED) is 0.482. The summed E-state index contributed by atoms with van der Waals surface area (Å²) in [6.07, 6.45) is 6.33. The van der Waals surface area contributed by atoms with Crippen molar-refractivity contribution in [3.63, 3.8) is 0 Å². The molecule has 2 N–H and O–H groups in total. The minimum absolute atomic E-state index is 0.0135. The number of halogens is 1. The van der Waals surface area contributed by atoms with Crippen LogP contribution in [-0.4, -0.2) is 27.5 Å². The Morgan fingerprint density at radius 3 is 2.25 bits per heavy atom. The van der Waals surface area contributed by atoms with E-state index in [2.05, 4.69) is 26.0 Å². The highest BCUT2D eigenvalue weighted by Gasteiger charge is 2.26. The van der Waals surface area contributed by atoms with Crippen LogP contribution < -0.4 is 14.8 Å². The van der Waals surface area contributed by atoms with Crippen molar-refractivity contribution in [1.29, 1.82) is 0 Å². The number of hydrogen-bond acceptors (Lipinski definition) is 4. The molecule has 1 saturated carbocycles. The maximum Gasteiger partial charge on any atom is 0.255 e. The summed E-state index contributed by atoms with van der Waals surface area (Å²) in [6, 6.07) is 8.42. The number of anilines is 1. The van der Waals surface area contributed by atoms with Gasteiger partial charge in [-0.25, -0.2) is 13.1 Å². The first-order valence-corrected chi connectivity index (χ1v) is 13.4. The Labute approximate surface area is 199 Å². The van der Waals surface area contributed by atoms with E-state index < -0.39 is 10.0 Å². The number of carbonyl (C=O) groups excluding carboxylic acids is 1. The van der Waals surface area contributed by atoms with Crippen LogP contribution in [0.15, 0.2) is 39.7 Å². The summed E-state index contributed by atoms with van der Waals surface area (Å²) < 4.78 is 35.3. The predicted octanol–water partition coefficient (Wildman–Crippen LogP) is 5.45. The van der Waals surface area contributed by atoms with Gasteiger partial charge in [0, 0.05) is 21.8 Å². The zero-order valence-electron chi connectivity index (χ0n) is 18.8. The van der Waals surface area contributed by atoms with Crippen molar-refractivity contribution in [3.05, 3.63) is 51.5 Å². The van der Waals surface area contributed by atoms with E-state index in [9.17, 15) is 13.2 Å². The van der Waals surface area contributed by atoms with E-state index in [0.29, 0.717) is 0 Å². The van der Waals surface area contributed by atoms with Gasteiger partial charge in [-0.3, -0.25) is 4.79 Å². The minimum atomic E-state index is -3.82. The smallest absolute Gasteiger partial charge is 0.255 e. The molecule has 0 spiro atoms. The molecular weight excluding hydrogens is 492 g/mol. The fourth-order valence-electron chi connectivity index (χ4n) is 4.16. The van der Waals surface area contributed by atoms with E-state index in [1.165, 1.54) is 19.2 Å². The molecule has 0 aliphatic heterocycles. The molecular formula is C24H31BrN2O4S. The number of hydrogen-bond donors (Lipinski definition) is 2. The van der Waals surface area contributed by atoms with Crippen molar-refractivity contribution in [2.45, 2.75) is 69.7 Å². The summed E-state index contributed by atoms with van der Waals surface area (Å²) in [7, 11) is -2.40. The Hall–Kier alpha value is -1.90. The van der Waals surface area contributed by atoms with Crippen molar-refractivity contribution in [2.24, 2.45) is 0 Å². The number of rotatable bonds is 8. The fraction of sp³-hybridized carbons (Fsp3) is 0.458. The van der Waals surface area contributed by atoms with Gasteiger partial charge in [0.1, 0.15) is 10.6 Å². The van der Waals surface area contributed by atoms with Crippen LogP contribution in [0.1, 0.15) is 67.4 Å². The van der Waals surface area contributed by atoms with Crippen LogP contribution in [-0.2, 0) is 22.9 Å². The number of carbonyl (C=O) groups is 1. The standard InChI is InChI=1S/C24H31BrN2O4S/c1-4-16-13-19(25)14-17(5-2)23(16)26-24(28)18-11-12-21(31-3)22(15-18)32(29,30)27-20-9-7-6-8-10-20/h11-15,20,27H,4-10H2,1-3H3,(H,26,28). The van der Waals surface area contributed by atoms with Gasteiger partial charge in [-0.05, 0) is 67.1 Å². The maximum atomic E-state index is 13.1. The van der Waals surface area contributed by atoms with Gasteiger partial charge in [0.2, 0.25) is 10.0 Å². The molecule has 32 heavy (non-hydrogen) atoms. The largest absolute Gasteiger partial charge is 0.495 e. The SMILES string of the molecule is CCc1cc(Br)cc(CC)c1NC(=O)c1ccc(OC)c(S(=O)(=O)NC2CCCCC2)c1. The van der Waals surface area contributed by atoms with Gasteiger partial charge in [-0.1, -0.05) is 49.0 Å². The Balaban J connectivity index is 1.92. The summed E-state index contributed by atoms with van der Waals surface area (Å²) in [5.41, 5.74) is 3.08. The molecule has 1 aliphatic rings. The number of methoxy groups -OCH3 is 1. The second-order valence-corrected chi connectivity index (χ2v) is 10.7. The average Bonchev–Trinajstić information content (AvgIpc) is 2.79. The lowest BCUT2D eigenvalue weighted by atomic mass is 9.96. The second kappa shape index (κ2) is 10.8. The molecule has 2 aromatic carbocycles. The summed E-state index contributed by atoms with van der Waals surface area (Å²) in [5, 5.41) is 3.01. The lowest BCUT2D eigenvalue weighted by Gasteiger charge is -2.23. The van der Waals surface area contributed by atoms with Crippen LogP contribution in [0.3, 0.4) is 0 Å². The monoisotopic (exact) mass is 522 g/mol. The molecule has 174 valence electrons. The van der Waals surface area contributed by atoms with Gasteiger partial charge in [-0.15, -0.1) is 0 Å². The Morgan fingerprint density at radius 1 is 1.06 bits per heavy atom. The molecule has 0 radical (unpaired) electrons. The molecule has 1 fully saturated rings. The van der Waals surface area contributed by atoms with Crippen molar-refractivity contribution < 1.29 is 17.9 Å². The van der Waals surface area contributed by atoms with E-state index in [1.54, 1.807) is 6.07 Å². The van der Waals surface area contributed by atoms with E-state index in [0.717, 1.165) is 66.2 Å². The average molecular weight is 523 g/mol. The van der Waals surface area contributed by atoms with Crippen LogP contribution in [0, 0.1) is 0 Å². The minimum Gasteiger partial charge on any atom is -0.495 e. The number of amides is 1. The molecule has 1 amide bonds. The number of benzene rings is 2. The molecule has 6 nitrogen and oxygen atoms in total. The third-order valence-corrected chi connectivity index (χ3v) is 7.91. The Bertz CT molecular complexity index is 1050. The lowest BCUT2D eigenvalue weighted by molar-refractivity contribution is 0.102. The fourth-order valence-corrected chi connectivity index (χ4v) is 6.21. The zero-order chi connectivity index (χ0) is 23.3. The second-order valence-electron chi connectivity index (χ2n) is 8.08. The molecule has 0 bridgehead atoms. The van der Waals surface area contributed by atoms with Crippen molar-refractivity contribution in [1.82, 2.24) is 4.72 Å². The highest BCUT2D eigenvalue weighted by atomic mass is 79.9. The molecule has 8 heteroatoms. The number of ether oxygens (including phenoxy) is 1. The van der Waals surface area contributed by atoms with Crippen molar-refractivity contribution in [3.8, 4) is 5.75 Å². The molecule has 3 rings (SSSR count). The Kier molecular flexibility index (Phi) is 8.36. The highest BCUT2D eigenvalue weighted by molar-refractivity contribution is 9.10. The highest BCUT2D eigenvalue weighted by Crippen LogP contribution is 2.30. The van der Waals surface area contributed by atoms with Gasteiger partial charge < -0.3 is 10.1 Å². The Morgan fingerprint density at radius 2 is 1.69 bits per heavy atom. The number of sulfonamides is 1. The normalized spacial score (nSPS) is 14.9. The van der Waals surface area contributed by atoms with Crippen LogP contribution in [0.25, 0.3) is 0 Å². The van der Waals surface area contributed by atoms with Gasteiger partial charge >= 0.3 is 0 Å². The van der Waals surface area contributed by atoms with E-state index in [1.807, 2.05) is 26.0 Å². The molecule has 0 aromatic heterocycles. The summed E-state index contributed by atoms with van der Waals surface area (Å²) in [6.45, 7) is 4.07. The predicted molar refractivity (Wildman–Crippen MR) is 131 cm³/mol. The topological polar surface area (TPSA) is 84.5 Å². The summed E-state index contributed by atoms with van der Waals surface area (Å²) >= 11 is 3.53. The first kappa shape index (κ1) is 24.7. The van der Waals surface area contributed by atoms with E-state index in [4.69, 9.17) is 4.74 Å². The molecule has 2 aromatic rings. The van der Waals surface area contributed by atoms with Gasteiger partial charge in [-0.2, -0.15) is 0 Å². The van der Waals surface area contributed by atoms with Crippen molar-refractivity contribution in [2.75, 3.05) is 12.4 Å². The molecule has 0 saturated heterocycles. The maximum absolute atomic E-state index is 13.1. The first-order chi connectivity index (χ1) is 15.3. The molecule has 1 aliphatic carbocycles. The summed E-state index contributed by atoms with van der Waals surface area (Å²) in [4.78, 5) is 13.1. The molecule has 0 atom stereocenters. The van der Waals surface area contributed by atoms with Gasteiger partial charge in [0.25, 0.3) is 5.91 Å². The lowest BCUT2D eigenvalue weighted by Crippen LogP contribution is -2.36. The van der Waals surface area contributed by atoms with Gasteiger partial charge in [0.05, 0.1) is 7.11 Å². The zero-order valence-corrected chi connectivity index (χ0v) is 21.2. The van der Waals surface area contributed by atoms with E-state index in [-0.39, 0.29) is 28.2 Å². The molecule has 0 unspecified atom stereocenters. The first-order valence-electron chi connectivity index (χ1n) is 11.1. The van der Waals surface area contributed by atoms with E-state index >= 15 is 0 Å². The third-order valence-electron chi connectivity index (χ3n) is 5.91. The van der Waals surface area contributed by atoms with Gasteiger partial charge in [0.15, 0.2) is 0 Å². The van der Waals surface area contributed by atoms with Crippen molar-refractivity contribution >= 4 is 37.5 Å². The number of aryl methyl sites for hydroxylation is 2. The van der Waals surface area contributed by atoms with Crippen LogP contribution in [0.2, 0.25) is 0 Å². The van der Waals surface area contributed by atoms with Crippen LogP contribution in [0.4, 0.5) is 5.69 Å². The van der Waals surface area contributed by atoms with Crippen LogP contribution >= 0.6 is 15.9 Å².